The van der Waals surface area contributed by atoms with Crippen LogP contribution in [0.25, 0.3) is 0 Å². The molecule has 1 saturated carbocycles. The molecule has 0 spiro atoms. The van der Waals surface area contributed by atoms with Gasteiger partial charge in [0.1, 0.15) is 5.75 Å². The molecular formula is C17H20F3NO3. The van der Waals surface area contributed by atoms with Crippen LogP contribution in [0.4, 0.5) is 13.2 Å². The molecule has 7 heteroatoms. The van der Waals surface area contributed by atoms with E-state index in [4.69, 9.17) is 4.74 Å². The van der Waals surface area contributed by atoms with Crippen molar-refractivity contribution in [1.29, 1.82) is 0 Å². The Balaban J connectivity index is 1.87. The van der Waals surface area contributed by atoms with E-state index in [0.717, 1.165) is 0 Å². The lowest BCUT2D eigenvalue weighted by Crippen LogP contribution is -2.48. The van der Waals surface area contributed by atoms with Crippen LogP contribution in [0.15, 0.2) is 24.3 Å². The average molecular weight is 343 g/mol. The molecular weight excluding hydrogens is 323 g/mol. The highest BCUT2D eigenvalue weighted by Gasteiger charge is 2.45. The van der Waals surface area contributed by atoms with Gasteiger partial charge in [-0.1, -0.05) is 12.8 Å². The van der Waals surface area contributed by atoms with Gasteiger partial charge in [-0.15, -0.1) is 0 Å². The first-order valence-electron chi connectivity index (χ1n) is 7.87. The predicted molar refractivity (Wildman–Crippen MR) is 81.9 cm³/mol. The topological polar surface area (TPSA) is 55.4 Å². The molecule has 0 aromatic heterocycles. The van der Waals surface area contributed by atoms with Crippen molar-refractivity contribution < 1.29 is 27.5 Å². The monoisotopic (exact) mass is 343 g/mol. The summed E-state index contributed by atoms with van der Waals surface area (Å²) in [6, 6.07) is 5.33. The van der Waals surface area contributed by atoms with E-state index in [1.54, 1.807) is 24.3 Å². The zero-order valence-corrected chi connectivity index (χ0v) is 13.4. The lowest BCUT2D eigenvalue weighted by atomic mass is 9.84. The summed E-state index contributed by atoms with van der Waals surface area (Å²) in [6.45, 7) is 1.07. The Bertz CT molecular complexity index is 584. The Morgan fingerprint density at radius 1 is 1.17 bits per heavy atom. The van der Waals surface area contributed by atoms with Crippen molar-refractivity contribution in [1.82, 2.24) is 5.32 Å². The largest absolute Gasteiger partial charge is 0.484 e. The second kappa shape index (κ2) is 7.68. The van der Waals surface area contributed by atoms with Crippen LogP contribution in [0.2, 0.25) is 0 Å². The number of ether oxygens (including phenoxy) is 1. The molecule has 0 saturated heterocycles. The number of alkyl halides is 3. The number of carbonyl (C=O) groups excluding carboxylic acids is 2. The molecule has 1 aliphatic carbocycles. The smallest absolute Gasteiger partial charge is 0.393 e. The average Bonchev–Trinajstić information content (AvgIpc) is 2.53. The second-order valence-electron chi connectivity index (χ2n) is 5.98. The van der Waals surface area contributed by atoms with Gasteiger partial charge in [0, 0.05) is 11.6 Å². The first-order chi connectivity index (χ1) is 11.3. The third-order valence-corrected chi connectivity index (χ3v) is 4.16. The molecule has 1 fully saturated rings. The molecule has 1 amide bonds. The summed E-state index contributed by atoms with van der Waals surface area (Å²) < 4.78 is 44.2. The van der Waals surface area contributed by atoms with Crippen LogP contribution in [-0.4, -0.2) is 30.5 Å². The predicted octanol–water partition coefficient (Wildman–Crippen LogP) is 3.51. The zero-order valence-electron chi connectivity index (χ0n) is 13.4. The fraction of sp³-hybridized carbons (Fsp3) is 0.529. The highest BCUT2D eigenvalue weighted by atomic mass is 19.4. The molecule has 2 unspecified atom stereocenters. The quantitative estimate of drug-likeness (QED) is 0.833. The minimum atomic E-state index is -4.30. The zero-order chi connectivity index (χ0) is 17.7. The third kappa shape index (κ3) is 4.97. The molecule has 0 aliphatic heterocycles. The Kier molecular flexibility index (Phi) is 5.85. The van der Waals surface area contributed by atoms with Crippen LogP contribution in [0.1, 0.15) is 43.0 Å². The molecule has 1 aromatic rings. The fourth-order valence-electron chi connectivity index (χ4n) is 2.88. The number of rotatable bonds is 5. The van der Waals surface area contributed by atoms with Gasteiger partial charge in [0.25, 0.3) is 5.91 Å². The summed E-state index contributed by atoms with van der Waals surface area (Å²) in [5.74, 6) is -1.78. The molecule has 1 aliphatic rings. The van der Waals surface area contributed by atoms with E-state index in [9.17, 15) is 22.8 Å². The van der Waals surface area contributed by atoms with Gasteiger partial charge in [0.2, 0.25) is 0 Å². The number of amides is 1. The van der Waals surface area contributed by atoms with Crippen LogP contribution < -0.4 is 10.1 Å². The highest BCUT2D eigenvalue weighted by Crippen LogP contribution is 2.37. The van der Waals surface area contributed by atoms with E-state index in [0.29, 0.717) is 30.6 Å². The van der Waals surface area contributed by atoms with Gasteiger partial charge >= 0.3 is 6.18 Å². The van der Waals surface area contributed by atoms with Gasteiger partial charge < -0.3 is 10.1 Å². The van der Waals surface area contributed by atoms with Crippen LogP contribution in [-0.2, 0) is 4.79 Å². The maximum absolute atomic E-state index is 13.0. The number of halogens is 3. The number of hydrogen-bond acceptors (Lipinski definition) is 3. The van der Waals surface area contributed by atoms with E-state index in [-0.39, 0.29) is 18.8 Å². The highest BCUT2D eigenvalue weighted by molar-refractivity contribution is 5.94. The van der Waals surface area contributed by atoms with Crippen LogP contribution in [0.5, 0.6) is 5.75 Å². The third-order valence-electron chi connectivity index (χ3n) is 4.16. The van der Waals surface area contributed by atoms with Crippen molar-refractivity contribution in [3.05, 3.63) is 29.8 Å². The first-order valence-corrected chi connectivity index (χ1v) is 7.87. The van der Waals surface area contributed by atoms with Crippen molar-refractivity contribution in [2.24, 2.45) is 5.92 Å². The molecule has 2 atom stereocenters. The molecule has 132 valence electrons. The number of carbonyl (C=O) groups is 2. The summed E-state index contributed by atoms with van der Waals surface area (Å²) >= 11 is 0. The molecule has 1 N–H and O–H groups in total. The summed E-state index contributed by atoms with van der Waals surface area (Å²) in [6.07, 6.45) is -2.74. The molecule has 0 radical (unpaired) electrons. The van der Waals surface area contributed by atoms with Crippen molar-refractivity contribution in [2.45, 2.75) is 44.8 Å². The summed E-state index contributed by atoms with van der Waals surface area (Å²) in [5.41, 5.74) is 0.516. The SMILES string of the molecule is CC(=O)c1ccc(OCC(=O)NC2CCCCC2C(F)(F)F)cc1. The molecule has 2 rings (SSSR count). The maximum Gasteiger partial charge on any atom is 0.393 e. The van der Waals surface area contributed by atoms with Crippen LogP contribution in [0.3, 0.4) is 0 Å². The van der Waals surface area contributed by atoms with Gasteiger partial charge in [-0.2, -0.15) is 13.2 Å². The second-order valence-corrected chi connectivity index (χ2v) is 5.98. The van der Waals surface area contributed by atoms with Gasteiger partial charge in [-0.3, -0.25) is 9.59 Å². The molecule has 4 nitrogen and oxygen atoms in total. The van der Waals surface area contributed by atoms with E-state index in [1.807, 2.05) is 0 Å². The summed E-state index contributed by atoms with van der Waals surface area (Å²) in [7, 11) is 0. The van der Waals surface area contributed by atoms with E-state index in [2.05, 4.69) is 5.32 Å². The van der Waals surface area contributed by atoms with Crippen LogP contribution in [0, 0.1) is 5.92 Å². The van der Waals surface area contributed by atoms with E-state index in [1.165, 1.54) is 6.92 Å². The minimum absolute atomic E-state index is 0.0435. The number of ketones is 1. The summed E-state index contributed by atoms with van der Waals surface area (Å²) in [5, 5.41) is 2.44. The van der Waals surface area contributed by atoms with Crippen molar-refractivity contribution in [2.75, 3.05) is 6.61 Å². The normalized spacial score (nSPS) is 21.2. The maximum atomic E-state index is 13.0. The Morgan fingerprint density at radius 2 is 1.79 bits per heavy atom. The standard InChI is InChI=1S/C17H20F3NO3/c1-11(22)12-6-8-13(9-7-12)24-10-16(23)21-15-5-3-2-4-14(15)17(18,19)20/h6-9,14-15H,2-5,10H2,1H3,(H,21,23). The number of benzene rings is 1. The van der Waals surface area contributed by atoms with Gasteiger partial charge in [-0.25, -0.2) is 0 Å². The number of Topliss-reactive ketones (excluding diaryl/α,β-unsaturated/α-hetero) is 1. The summed E-state index contributed by atoms with van der Waals surface area (Å²) in [4.78, 5) is 23.0. The lowest BCUT2D eigenvalue weighted by Gasteiger charge is -2.33. The Labute approximate surface area is 138 Å². The Morgan fingerprint density at radius 3 is 2.38 bits per heavy atom. The van der Waals surface area contributed by atoms with Crippen molar-refractivity contribution >= 4 is 11.7 Å². The van der Waals surface area contributed by atoms with Gasteiger partial charge in [0.05, 0.1) is 5.92 Å². The number of nitrogens with one attached hydrogen (secondary N) is 1. The van der Waals surface area contributed by atoms with Crippen LogP contribution >= 0.6 is 0 Å². The molecule has 0 heterocycles. The van der Waals surface area contributed by atoms with E-state index >= 15 is 0 Å². The fourth-order valence-corrected chi connectivity index (χ4v) is 2.88. The Hall–Kier alpha value is -2.05. The minimum Gasteiger partial charge on any atom is -0.484 e. The van der Waals surface area contributed by atoms with E-state index < -0.39 is 24.0 Å². The lowest BCUT2D eigenvalue weighted by molar-refractivity contribution is -0.189. The van der Waals surface area contributed by atoms with Crippen molar-refractivity contribution in [3.8, 4) is 5.75 Å². The van der Waals surface area contributed by atoms with Gasteiger partial charge in [0.15, 0.2) is 12.4 Å². The van der Waals surface area contributed by atoms with Gasteiger partial charge in [-0.05, 0) is 44.0 Å². The molecule has 1 aromatic carbocycles. The van der Waals surface area contributed by atoms with Crippen molar-refractivity contribution in [3.63, 3.8) is 0 Å². The number of hydrogen-bond donors (Lipinski definition) is 1. The molecule has 0 bridgehead atoms. The molecule has 24 heavy (non-hydrogen) atoms. The first kappa shape index (κ1) is 18.3.